The molecule has 2 aromatic carbocycles. The van der Waals surface area contributed by atoms with Gasteiger partial charge in [0.05, 0.1) is 26.9 Å². The summed E-state index contributed by atoms with van der Waals surface area (Å²) in [6, 6.07) is 13.0. The van der Waals surface area contributed by atoms with E-state index in [0.29, 0.717) is 49.8 Å². The Kier molecular flexibility index (Phi) is 8.25. The van der Waals surface area contributed by atoms with Crippen molar-refractivity contribution in [3.05, 3.63) is 59.2 Å². The summed E-state index contributed by atoms with van der Waals surface area (Å²) in [5.41, 5.74) is 2.34. The SMILES string of the molecule is COc1ccc(C(=O)N2CCCN(C[C@H]3CN(C(=O)c4ccccc4C)CCO3)CC2)cc1OC. The first-order valence-electron chi connectivity index (χ1n) is 12.2. The first-order valence-corrected chi connectivity index (χ1v) is 12.2. The molecular formula is C27H35N3O5. The van der Waals surface area contributed by atoms with Gasteiger partial charge in [-0.2, -0.15) is 0 Å². The second-order valence-corrected chi connectivity index (χ2v) is 9.08. The second kappa shape index (κ2) is 11.6. The number of ether oxygens (including phenoxy) is 3. The zero-order chi connectivity index (χ0) is 24.8. The summed E-state index contributed by atoms with van der Waals surface area (Å²) in [7, 11) is 3.15. The highest BCUT2D eigenvalue weighted by atomic mass is 16.5. The monoisotopic (exact) mass is 481 g/mol. The number of rotatable bonds is 6. The number of hydrogen-bond donors (Lipinski definition) is 0. The molecule has 4 rings (SSSR count). The minimum Gasteiger partial charge on any atom is -0.493 e. The van der Waals surface area contributed by atoms with Gasteiger partial charge in [-0.25, -0.2) is 0 Å². The maximum Gasteiger partial charge on any atom is 0.254 e. The molecule has 1 atom stereocenters. The molecule has 0 aliphatic carbocycles. The summed E-state index contributed by atoms with van der Waals surface area (Å²) in [5.74, 6) is 1.22. The van der Waals surface area contributed by atoms with Gasteiger partial charge in [0.25, 0.3) is 11.8 Å². The number of morpholine rings is 1. The molecule has 188 valence electrons. The molecule has 35 heavy (non-hydrogen) atoms. The summed E-state index contributed by atoms with van der Waals surface area (Å²) in [5, 5.41) is 0. The van der Waals surface area contributed by atoms with E-state index in [1.54, 1.807) is 32.4 Å². The van der Waals surface area contributed by atoms with E-state index < -0.39 is 0 Å². The molecule has 2 fully saturated rings. The fourth-order valence-corrected chi connectivity index (χ4v) is 4.79. The Morgan fingerprint density at radius 1 is 0.914 bits per heavy atom. The molecule has 2 saturated heterocycles. The lowest BCUT2D eigenvalue weighted by molar-refractivity contribution is -0.0353. The van der Waals surface area contributed by atoms with Crippen LogP contribution in [0, 0.1) is 6.92 Å². The van der Waals surface area contributed by atoms with Crippen molar-refractivity contribution < 1.29 is 23.8 Å². The van der Waals surface area contributed by atoms with Crippen LogP contribution in [0.2, 0.25) is 0 Å². The molecule has 0 radical (unpaired) electrons. The zero-order valence-electron chi connectivity index (χ0n) is 20.9. The van der Waals surface area contributed by atoms with Crippen LogP contribution in [0.15, 0.2) is 42.5 Å². The average Bonchev–Trinajstić information content (AvgIpc) is 3.13. The number of nitrogens with zero attached hydrogens (tertiary/aromatic N) is 3. The van der Waals surface area contributed by atoms with Gasteiger partial charge >= 0.3 is 0 Å². The van der Waals surface area contributed by atoms with E-state index in [0.717, 1.165) is 37.2 Å². The summed E-state index contributed by atoms with van der Waals surface area (Å²) in [6.07, 6.45) is 0.849. The number of methoxy groups -OCH3 is 2. The molecule has 0 N–H and O–H groups in total. The number of aryl methyl sites for hydroxylation is 1. The van der Waals surface area contributed by atoms with E-state index in [1.807, 2.05) is 41.0 Å². The molecule has 0 unspecified atom stereocenters. The van der Waals surface area contributed by atoms with Gasteiger partial charge in [-0.3, -0.25) is 14.5 Å². The highest BCUT2D eigenvalue weighted by Gasteiger charge is 2.28. The third kappa shape index (κ3) is 5.94. The molecule has 8 nitrogen and oxygen atoms in total. The van der Waals surface area contributed by atoms with Crippen LogP contribution in [0.4, 0.5) is 0 Å². The van der Waals surface area contributed by atoms with E-state index in [-0.39, 0.29) is 17.9 Å². The highest BCUT2D eigenvalue weighted by Crippen LogP contribution is 2.28. The largest absolute Gasteiger partial charge is 0.493 e. The lowest BCUT2D eigenvalue weighted by atomic mass is 10.1. The molecule has 2 aliphatic heterocycles. The summed E-state index contributed by atoms with van der Waals surface area (Å²) < 4.78 is 16.7. The number of amides is 2. The van der Waals surface area contributed by atoms with Crippen molar-refractivity contribution in [2.75, 3.05) is 66.6 Å². The Hall–Kier alpha value is -3.10. The van der Waals surface area contributed by atoms with Gasteiger partial charge in [0, 0.05) is 50.4 Å². The molecule has 2 aromatic rings. The molecule has 0 saturated carbocycles. The third-order valence-corrected chi connectivity index (χ3v) is 6.77. The van der Waals surface area contributed by atoms with Crippen LogP contribution in [-0.2, 0) is 4.74 Å². The lowest BCUT2D eigenvalue weighted by Gasteiger charge is -2.35. The first kappa shape index (κ1) is 25.0. The van der Waals surface area contributed by atoms with Gasteiger partial charge in [0.15, 0.2) is 11.5 Å². The van der Waals surface area contributed by atoms with Gasteiger partial charge in [0.1, 0.15) is 0 Å². The van der Waals surface area contributed by atoms with Crippen molar-refractivity contribution in [1.29, 1.82) is 0 Å². The number of carbonyl (C=O) groups is 2. The fourth-order valence-electron chi connectivity index (χ4n) is 4.79. The lowest BCUT2D eigenvalue weighted by Crippen LogP contribution is -2.50. The molecule has 0 bridgehead atoms. The minimum absolute atomic E-state index is 0.00303. The molecule has 2 amide bonds. The number of benzene rings is 2. The highest BCUT2D eigenvalue weighted by molar-refractivity contribution is 5.96. The number of hydrogen-bond acceptors (Lipinski definition) is 6. The maximum atomic E-state index is 13.1. The summed E-state index contributed by atoms with van der Waals surface area (Å²) in [4.78, 5) is 32.3. The van der Waals surface area contributed by atoms with E-state index >= 15 is 0 Å². The number of carbonyl (C=O) groups excluding carboxylic acids is 2. The topological polar surface area (TPSA) is 71.6 Å². The average molecular weight is 482 g/mol. The van der Waals surface area contributed by atoms with Crippen molar-refractivity contribution in [3.63, 3.8) is 0 Å². The Labute approximate surface area is 207 Å². The van der Waals surface area contributed by atoms with Crippen LogP contribution in [0.5, 0.6) is 11.5 Å². The van der Waals surface area contributed by atoms with Crippen molar-refractivity contribution in [2.24, 2.45) is 0 Å². The smallest absolute Gasteiger partial charge is 0.254 e. The van der Waals surface area contributed by atoms with E-state index in [9.17, 15) is 9.59 Å². The van der Waals surface area contributed by atoms with Crippen molar-refractivity contribution >= 4 is 11.8 Å². The van der Waals surface area contributed by atoms with Gasteiger partial charge in [-0.1, -0.05) is 18.2 Å². The van der Waals surface area contributed by atoms with E-state index in [2.05, 4.69) is 4.90 Å². The van der Waals surface area contributed by atoms with E-state index in [1.165, 1.54) is 0 Å². The van der Waals surface area contributed by atoms with Gasteiger partial charge in [-0.15, -0.1) is 0 Å². The van der Waals surface area contributed by atoms with Crippen LogP contribution in [-0.4, -0.2) is 99.3 Å². The van der Waals surface area contributed by atoms with Crippen LogP contribution in [0.25, 0.3) is 0 Å². The van der Waals surface area contributed by atoms with Gasteiger partial charge in [-0.05, 0) is 49.7 Å². The zero-order valence-corrected chi connectivity index (χ0v) is 20.9. The molecule has 0 aromatic heterocycles. The Balaban J connectivity index is 1.33. The Morgan fingerprint density at radius 3 is 2.49 bits per heavy atom. The van der Waals surface area contributed by atoms with Gasteiger partial charge < -0.3 is 24.0 Å². The molecule has 2 aliphatic rings. The standard InChI is InChI=1S/C27H35N3O5/c1-20-7-4-5-8-23(20)27(32)30-15-16-35-22(19-30)18-28-11-6-12-29(14-13-28)26(31)21-9-10-24(33-2)25(17-21)34-3/h4-5,7-10,17,22H,6,11-16,18-19H2,1-3H3/t22-/m0/s1. The van der Waals surface area contributed by atoms with Crippen LogP contribution >= 0.6 is 0 Å². The summed E-state index contributed by atoms with van der Waals surface area (Å²) in [6.45, 7) is 7.45. The van der Waals surface area contributed by atoms with Crippen molar-refractivity contribution in [3.8, 4) is 11.5 Å². The molecular weight excluding hydrogens is 446 g/mol. The van der Waals surface area contributed by atoms with Crippen LogP contribution in [0.1, 0.15) is 32.7 Å². The summed E-state index contributed by atoms with van der Waals surface area (Å²) >= 11 is 0. The van der Waals surface area contributed by atoms with Crippen molar-refractivity contribution in [2.45, 2.75) is 19.4 Å². The molecule has 0 spiro atoms. The Bertz CT molecular complexity index is 1040. The van der Waals surface area contributed by atoms with Crippen LogP contribution in [0.3, 0.4) is 0 Å². The normalized spacial score (nSPS) is 19.2. The van der Waals surface area contributed by atoms with Gasteiger partial charge in [0.2, 0.25) is 0 Å². The predicted octanol–water partition coefficient (Wildman–Crippen LogP) is 2.70. The first-order chi connectivity index (χ1) is 17.0. The Morgan fingerprint density at radius 2 is 1.71 bits per heavy atom. The second-order valence-electron chi connectivity index (χ2n) is 9.08. The van der Waals surface area contributed by atoms with Crippen molar-refractivity contribution in [1.82, 2.24) is 14.7 Å². The third-order valence-electron chi connectivity index (χ3n) is 6.77. The molecule has 8 heteroatoms. The predicted molar refractivity (Wildman–Crippen MR) is 133 cm³/mol. The minimum atomic E-state index is -0.0372. The maximum absolute atomic E-state index is 13.1. The van der Waals surface area contributed by atoms with E-state index in [4.69, 9.17) is 14.2 Å². The molecule has 2 heterocycles. The quantitative estimate of drug-likeness (QED) is 0.632. The van der Waals surface area contributed by atoms with Crippen LogP contribution < -0.4 is 9.47 Å². The fraction of sp³-hybridized carbons (Fsp3) is 0.481.